The molecule has 4 heteroatoms. The fraction of sp³-hybridized carbons (Fsp3) is 0.0556. The largest absolute Gasteiger partial charge is 0.330 e. The molecular formula is C36H24N4. The summed E-state index contributed by atoms with van der Waals surface area (Å²) in [5, 5.41) is 4.79. The van der Waals surface area contributed by atoms with Gasteiger partial charge in [-0.2, -0.15) is 0 Å². The first kappa shape index (κ1) is 21.7. The van der Waals surface area contributed by atoms with E-state index in [1.807, 2.05) is 24.5 Å². The molecule has 0 N–H and O–H groups in total. The van der Waals surface area contributed by atoms with Crippen LogP contribution >= 0.6 is 0 Å². The SMILES string of the molecule is c1ccc2c(c1)C1C(c3cc4ccccc4cc3N1c1cnc3ccccc3c1)N2c1cnc2ccccc2c1. The van der Waals surface area contributed by atoms with Gasteiger partial charge in [-0.25, -0.2) is 0 Å². The van der Waals surface area contributed by atoms with Gasteiger partial charge in [-0.05, 0) is 53.2 Å². The van der Waals surface area contributed by atoms with Crippen molar-refractivity contribution in [2.24, 2.45) is 0 Å². The van der Waals surface area contributed by atoms with Gasteiger partial charge in [0, 0.05) is 33.3 Å². The number of aromatic nitrogens is 2. The summed E-state index contributed by atoms with van der Waals surface area (Å²) in [4.78, 5) is 14.8. The van der Waals surface area contributed by atoms with Crippen LogP contribution in [0.15, 0.2) is 134 Å². The Balaban J connectivity index is 1.32. The maximum Gasteiger partial charge on any atom is 0.0862 e. The maximum atomic E-state index is 4.88. The highest BCUT2D eigenvalue weighted by Gasteiger charge is 2.50. The van der Waals surface area contributed by atoms with Crippen LogP contribution in [0.4, 0.5) is 22.7 Å². The van der Waals surface area contributed by atoms with Crippen molar-refractivity contribution in [2.45, 2.75) is 12.1 Å². The summed E-state index contributed by atoms with van der Waals surface area (Å²) < 4.78 is 0. The molecule has 2 aromatic heterocycles. The molecule has 2 atom stereocenters. The molecule has 4 heterocycles. The average molecular weight is 513 g/mol. The first-order valence-electron chi connectivity index (χ1n) is 13.7. The average Bonchev–Trinajstić information content (AvgIpc) is 3.51. The van der Waals surface area contributed by atoms with Gasteiger partial charge in [0.15, 0.2) is 0 Å². The minimum Gasteiger partial charge on any atom is -0.330 e. The molecule has 2 unspecified atom stereocenters. The summed E-state index contributed by atoms with van der Waals surface area (Å²) >= 11 is 0. The van der Waals surface area contributed by atoms with E-state index in [0.29, 0.717) is 0 Å². The van der Waals surface area contributed by atoms with Crippen LogP contribution in [-0.4, -0.2) is 9.97 Å². The molecule has 5 aromatic carbocycles. The lowest BCUT2D eigenvalue weighted by Gasteiger charge is -2.29. The smallest absolute Gasteiger partial charge is 0.0862 e. The Morgan fingerprint density at radius 2 is 0.925 bits per heavy atom. The van der Waals surface area contributed by atoms with Crippen LogP contribution in [0.25, 0.3) is 32.6 Å². The van der Waals surface area contributed by atoms with E-state index in [-0.39, 0.29) is 12.1 Å². The fourth-order valence-corrected chi connectivity index (χ4v) is 6.83. The molecule has 0 fully saturated rings. The molecule has 2 aliphatic rings. The number of nitrogens with zero attached hydrogens (tertiary/aromatic N) is 4. The number of hydrogen-bond donors (Lipinski definition) is 0. The van der Waals surface area contributed by atoms with Crippen molar-refractivity contribution in [3.05, 3.63) is 145 Å². The number of hydrogen-bond acceptors (Lipinski definition) is 4. The van der Waals surface area contributed by atoms with Crippen LogP contribution in [0.3, 0.4) is 0 Å². The van der Waals surface area contributed by atoms with Crippen molar-refractivity contribution in [2.75, 3.05) is 9.80 Å². The van der Waals surface area contributed by atoms with Crippen LogP contribution in [0.1, 0.15) is 23.2 Å². The highest BCUT2D eigenvalue weighted by molar-refractivity contribution is 5.95. The number of benzene rings is 5. The highest BCUT2D eigenvalue weighted by atomic mass is 15.3. The zero-order valence-corrected chi connectivity index (χ0v) is 21.6. The van der Waals surface area contributed by atoms with Gasteiger partial charge in [-0.15, -0.1) is 0 Å². The molecule has 40 heavy (non-hydrogen) atoms. The van der Waals surface area contributed by atoms with Crippen molar-refractivity contribution in [1.29, 1.82) is 0 Å². The van der Waals surface area contributed by atoms with E-state index in [2.05, 4.69) is 119 Å². The zero-order valence-electron chi connectivity index (χ0n) is 21.6. The summed E-state index contributed by atoms with van der Waals surface area (Å²) in [5.41, 5.74) is 9.34. The first-order valence-corrected chi connectivity index (χ1v) is 13.7. The quantitative estimate of drug-likeness (QED) is 0.231. The van der Waals surface area contributed by atoms with Gasteiger partial charge in [-0.3, -0.25) is 9.97 Å². The molecule has 0 bridgehead atoms. The molecule has 4 nitrogen and oxygen atoms in total. The van der Waals surface area contributed by atoms with E-state index in [1.54, 1.807) is 0 Å². The number of para-hydroxylation sites is 3. The zero-order chi connectivity index (χ0) is 26.2. The Hall–Kier alpha value is -5.22. The molecule has 0 saturated heterocycles. The maximum absolute atomic E-state index is 4.88. The Bertz CT molecular complexity index is 2120. The second-order valence-corrected chi connectivity index (χ2v) is 10.7. The number of pyridine rings is 2. The van der Waals surface area contributed by atoms with E-state index < -0.39 is 0 Å². The minimum atomic E-state index is 0.0893. The number of fused-ring (bicyclic) bond motifs is 8. The second kappa shape index (κ2) is 8.14. The minimum absolute atomic E-state index is 0.0893. The monoisotopic (exact) mass is 512 g/mol. The Labute approximate surface area is 231 Å². The Morgan fingerprint density at radius 1 is 0.425 bits per heavy atom. The molecule has 2 aliphatic heterocycles. The predicted octanol–water partition coefficient (Wildman–Crippen LogP) is 9.02. The molecule has 0 saturated carbocycles. The second-order valence-electron chi connectivity index (χ2n) is 10.7. The normalized spacial score (nSPS) is 17.4. The summed E-state index contributed by atoms with van der Waals surface area (Å²) in [6, 6.07) is 43.7. The van der Waals surface area contributed by atoms with Gasteiger partial charge in [0.1, 0.15) is 0 Å². The highest BCUT2D eigenvalue weighted by Crippen LogP contribution is 2.62. The standard InChI is InChI=1S/C36H24N4/c1-2-10-24-20-34-30(19-23(24)9-1)36-35(40(34)28-18-26-12-4-7-15-32(26)38-22-28)29-13-5-8-16-33(29)39(36)27-17-25-11-3-6-14-31(25)37-21-27/h1-22,35-36H. The van der Waals surface area contributed by atoms with Crippen molar-refractivity contribution in [1.82, 2.24) is 9.97 Å². The molecule has 7 aromatic rings. The Morgan fingerprint density at radius 3 is 1.60 bits per heavy atom. The van der Waals surface area contributed by atoms with E-state index in [9.17, 15) is 0 Å². The molecule has 188 valence electrons. The van der Waals surface area contributed by atoms with Gasteiger partial charge >= 0.3 is 0 Å². The van der Waals surface area contributed by atoms with Crippen LogP contribution in [0.5, 0.6) is 0 Å². The topological polar surface area (TPSA) is 32.3 Å². The summed E-state index contributed by atoms with van der Waals surface area (Å²) in [5.74, 6) is 0. The first-order chi connectivity index (χ1) is 19.8. The number of rotatable bonds is 2. The summed E-state index contributed by atoms with van der Waals surface area (Å²) in [6.07, 6.45) is 4.06. The van der Waals surface area contributed by atoms with Crippen LogP contribution in [0, 0.1) is 0 Å². The van der Waals surface area contributed by atoms with Crippen LogP contribution < -0.4 is 9.80 Å². The third-order valence-corrected chi connectivity index (χ3v) is 8.55. The lowest BCUT2D eigenvalue weighted by molar-refractivity contribution is 0.633. The van der Waals surface area contributed by atoms with E-state index in [1.165, 1.54) is 33.3 Å². The lowest BCUT2D eigenvalue weighted by Crippen LogP contribution is -2.24. The molecule has 0 amide bonds. The predicted molar refractivity (Wildman–Crippen MR) is 164 cm³/mol. The molecular weight excluding hydrogens is 488 g/mol. The molecule has 0 spiro atoms. The molecule has 0 radical (unpaired) electrons. The van der Waals surface area contributed by atoms with Gasteiger partial charge in [-0.1, -0.05) is 78.9 Å². The van der Waals surface area contributed by atoms with Crippen molar-refractivity contribution >= 4 is 55.3 Å². The Kier molecular flexibility index (Phi) is 4.41. The van der Waals surface area contributed by atoms with Gasteiger partial charge in [0.05, 0.1) is 46.9 Å². The van der Waals surface area contributed by atoms with Gasteiger partial charge in [0.2, 0.25) is 0 Å². The molecule has 0 aliphatic carbocycles. The van der Waals surface area contributed by atoms with E-state index >= 15 is 0 Å². The number of anilines is 4. The third-order valence-electron chi connectivity index (χ3n) is 8.55. The van der Waals surface area contributed by atoms with E-state index in [4.69, 9.17) is 9.97 Å². The van der Waals surface area contributed by atoms with Crippen LogP contribution in [0.2, 0.25) is 0 Å². The van der Waals surface area contributed by atoms with Crippen molar-refractivity contribution < 1.29 is 0 Å². The van der Waals surface area contributed by atoms with Gasteiger partial charge in [0.25, 0.3) is 0 Å². The van der Waals surface area contributed by atoms with E-state index in [0.717, 1.165) is 33.2 Å². The molecule has 9 rings (SSSR count). The fourth-order valence-electron chi connectivity index (χ4n) is 6.83. The summed E-state index contributed by atoms with van der Waals surface area (Å²) in [6.45, 7) is 0. The van der Waals surface area contributed by atoms with Crippen molar-refractivity contribution in [3.63, 3.8) is 0 Å². The third kappa shape index (κ3) is 3.02. The summed E-state index contributed by atoms with van der Waals surface area (Å²) in [7, 11) is 0. The lowest BCUT2D eigenvalue weighted by atomic mass is 9.98. The van der Waals surface area contributed by atoms with Crippen LogP contribution in [-0.2, 0) is 0 Å². The van der Waals surface area contributed by atoms with Gasteiger partial charge < -0.3 is 9.80 Å². The van der Waals surface area contributed by atoms with Crippen molar-refractivity contribution in [3.8, 4) is 0 Å².